The summed E-state index contributed by atoms with van der Waals surface area (Å²) >= 11 is 0. The van der Waals surface area contributed by atoms with Crippen LogP contribution in [-0.4, -0.2) is 12.5 Å². The number of benzene rings is 2. The second-order valence-electron chi connectivity index (χ2n) is 5.06. The number of nitrogens with zero attached hydrogens (tertiary/aromatic N) is 2. The molecule has 2 aromatic rings. The Morgan fingerprint density at radius 3 is 2.48 bits per heavy atom. The number of guanidine groups is 1. The summed E-state index contributed by atoms with van der Waals surface area (Å²) in [4.78, 5) is 4.30. The second kappa shape index (κ2) is 10.6. The molecule has 0 saturated carbocycles. The van der Waals surface area contributed by atoms with E-state index in [1.54, 1.807) is 30.3 Å². The van der Waals surface area contributed by atoms with Gasteiger partial charge in [0.15, 0.2) is 5.96 Å². The molecule has 0 amide bonds. The number of rotatable bonds is 5. The molecule has 0 saturated heterocycles. The summed E-state index contributed by atoms with van der Waals surface area (Å²) in [5.74, 6) is -0.300. The highest BCUT2D eigenvalue weighted by molar-refractivity contribution is 14.0. The summed E-state index contributed by atoms with van der Waals surface area (Å²) in [7, 11) is 0. The molecule has 4 nitrogen and oxygen atoms in total. The van der Waals surface area contributed by atoms with Gasteiger partial charge in [0, 0.05) is 24.2 Å². The largest absolute Gasteiger partial charge is 0.357 e. The number of nitrogens with one attached hydrogen (secondary N) is 2. The average Bonchev–Trinajstić information content (AvgIpc) is 2.59. The quantitative estimate of drug-likeness (QED) is 0.410. The zero-order valence-electron chi connectivity index (χ0n) is 13.7. The SMILES string of the molecule is CCNC(=NCc1ccccc1F)NCc1ccc(C#N)cc1F.I. The first-order chi connectivity index (χ1) is 11.6. The van der Waals surface area contributed by atoms with Crippen molar-refractivity contribution in [1.29, 1.82) is 5.26 Å². The Bertz CT molecular complexity index is 772. The summed E-state index contributed by atoms with van der Waals surface area (Å²) in [5.41, 5.74) is 1.18. The van der Waals surface area contributed by atoms with Gasteiger partial charge in [-0.1, -0.05) is 24.3 Å². The predicted octanol–water partition coefficient (Wildman–Crippen LogP) is 3.71. The Morgan fingerprint density at radius 2 is 1.84 bits per heavy atom. The van der Waals surface area contributed by atoms with Gasteiger partial charge in [0.25, 0.3) is 0 Å². The van der Waals surface area contributed by atoms with E-state index in [0.717, 1.165) is 0 Å². The summed E-state index contributed by atoms with van der Waals surface area (Å²) in [6.45, 7) is 2.92. The van der Waals surface area contributed by atoms with E-state index in [2.05, 4.69) is 15.6 Å². The minimum absolute atomic E-state index is 0. The molecular formula is C18H19F2IN4. The van der Waals surface area contributed by atoms with Gasteiger partial charge in [-0.3, -0.25) is 0 Å². The van der Waals surface area contributed by atoms with Gasteiger partial charge in [-0.15, -0.1) is 24.0 Å². The summed E-state index contributed by atoms with van der Waals surface area (Å²) in [6.07, 6.45) is 0. The fourth-order valence-electron chi connectivity index (χ4n) is 2.07. The molecule has 0 fully saturated rings. The summed E-state index contributed by atoms with van der Waals surface area (Å²) < 4.78 is 27.5. The number of hydrogen-bond acceptors (Lipinski definition) is 2. The molecule has 0 heterocycles. The molecule has 2 rings (SSSR count). The lowest BCUT2D eigenvalue weighted by molar-refractivity contribution is 0.603. The van der Waals surface area contributed by atoms with Crippen molar-refractivity contribution >= 4 is 29.9 Å². The molecule has 2 N–H and O–H groups in total. The highest BCUT2D eigenvalue weighted by Gasteiger charge is 2.06. The van der Waals surface area contributed by atoms with E-state index in [0.29, 0.717) is 23.6 Å². The highest BCUT2D eigenvalue weighted by atomic mass is 127. The number of nitriles is 1. The first-order valence-corrected chi connectivity index (χ1v) is 7.58. The van der Waals surface area contributed by atoms with Crippen molar-refractivity contribution in [3.05, 3.63) is 70.8 Å². The lowest BCUT2D eigenvalue weighted by atomic mass is 10.1. The molecule has 0 aliphatic heterocycles. The van der Waals surface area contributed by atoms with Gasteiger partial charge < -0.3 is 10.6 Å². The maximum absolute atomic E-state index is 13.9. The topological polar surface area (TPSA) is 60.2 Å². The molecule has 0 unspecified atom stereocenters. The van der Waals surface area contributed by atoms with Crippen LogP contribution in [0.4, 0.5) is 8.78 Å². The Balaban J connectivity index is 0.00000312. The van der Waals surface area contributed by atoms with Crippen LogP contribution in [0.15, 0.2) is 47.5 Å². The van der Waals surface area contributed by atoms with Crippen LogP contribution in [-0.2, 0) is 13.1 Å². The predicted molar refractivity (Wildman–Crippen MR) is 105 cm³/mol. The smallest absolute Gasteiger partial charge is 0.191 e. The molecule has 0 aliphatic carbocycles. The van der Waals surface area contributed by atoms with E-state index >= 15 is 0 Å². The maximum atomic E-state index is 13.9. The summed E-state index contributed by atoms with van der Waals surface area (Å²) in [6, 6.07) is 12.6. The zero-order chi connectivity index (χ0) is 17.4. The molecule has 0 aromatic heterocycles. The van der Waals surface area contributed by atoms with Crippen molar-refractivity contribution in [2.75, 3.05) is 6.54 Å². The Labute approximate surface area is 163 Å². The third-order valence-electron chi connectivity index (χ3n) is 3.34. The molecule has 0 spiro atoms. The third kappa shape index (κ3) is 6.31. The van der Waals surface area contributed by atoms with Crippen LogP contribution in [0, 0.1) is 23.0 Å². The van der Waals surface area contributed by atoms with Gasteiger partial charge in [0.05, 0.1) is 18.2 Å². The fraction of sp³-hybridized carbons (Fsp3) is 0.222. The lowest BCUT2D eigenvalue weighted by Gasteiger charge is -2.12. The van der Waals surface area contributed by atoms with Crippen molar-refractivity contribution < 1.29 is 8.78 Å². The third-order valence-corrected chi connectivity index (χ3v) is 3.34. The van der Waals surface area contributed by atoms with Gasteiger partial charge in [-0.05, 0) is 25.1 Å². The number of halogens is 3. The van der Waals surface area contributed by atoms with E-state index in [4.69, 9.17) is 5.26 Å². The monoisotopic (exact) mass is 456 g/mol. The molecule has 7 heteroatoms. The van der Waals surface area contributed by atoms with E-state index < -0.39 is 5.82 Å². The van der Waals surface area contributed by atoms with Crippen molar-refractivity contribution in [1.82, 2.24) is 10.6 Å². The number of hydrogen-bond donors (Lipinski definition) is 2. The maximum Gasteiger partial charge on any atom is 0.191 e. The van der Waals surface area contributed by atoms with Gasteiger partial charge >= 0.3 is 0 Å². The van der Waals surface area contributed by atoms with Crippen molar-refractivity contribution in [3.63, 3.8) is 0 Å². The van der Waals surface area contributed by atoms with Crippen molar-refractivity contribution in [2.24, 2.45) is 4.99 Å². The Morgan fingerprint density at radius 1 is 1.08 bits per heavy atom. The van der Waals surface area contributed by atoms with E-state index in [-0.39, 0.29) is 48.4 Å². The standard InChI is InChI=1S/C18H18F2N4.HI/c1-2-22-18(23-11-14-5-3-4-6-16(14)19)24-12-15-8-7-13(10-21)9-17(15)20;/h3-9H,2,11-12H2,1H3,(H2,22,23,24);1H. The Kier molecular flexibility index (Phi) is 8.84. The van der Waals surface area contributed by atoms with Crippen LogP contribution in [0.5, 0.6) is 0 Å². The molecule has 0 bridgehead atoms. The van der Waals surface area contributed by atoms with Gasteiger partial charge in [-0.25, -0.2) is 13.8 Å². The number of aliphatic imine (C=N–C) groups is 1. The Hall–Kier alpha value is -2.21. The van der Waals surface area contributed by atoms with E-state index in [1.165, 1.54) is 12.1 Å². The van der Waals surface area contributed by atoms with Crippen LogP contribution in [0.25, 0.3) is 0 Å². The fourth-order valence-corrected chi connectivity index (χ4v) is 2.07. The van der Waals surface area contributed by atoms with Crippen LogP contribution >= 0.6 is 24.0 Å². The van der Waals surface area contributed by atoms with Gasteiger partial charge in [0.1, 0.15) is 11.6 Å². The molecule has 2 aromatic carbocycles. The molecule has 0 radical (unpaired) electrons. The first-order valence-electron chi connectivity index (χ1n) is 7.58. The minimum atomic E-state index is -0.452. The molecule has 0 atom stereocenters. The normalized spacial score (nSPS) is 10.6. The molecule has 132 valence electrons. The van der Waals surface area contributed by atoms with Crippen molar-refractivity contribution in [2.45, 2.75) is 20.0 Å². The molecule has 0 aliphatic rings. The van der Waals surface area contributed by atoms with Crippen LogP contribution in [0.3, 0.4) is 0 Å². The minimum Gasteiger partial charge on any atom is -0.357 e. The van der Waals surface area contributed by atoms with Crippen LogP contribution in [0.2, 0.25) is 0 Å². The summed E-state index contributed by atoms with van der Waals surface area (Å²) in [5, 5.41) is 14.8. The highest BCUT2D eigenvalue weighted by Crippen LogP contribution is 2.10. The second-order valence-corrected chi connectivity index (χ2v) is 5.06. The zero-order valence-corrected chi connectivity index (χ0v) is 16.1. The van der Waals surface area contributed by atoms with Gasteiger partial charge in [-0.2, -0.15) is 5.26 Å². The van der Waals surface area contributed by atoms with Gasteiger partial charge in [0.2, 0.25) is 0 Å². The van der Waals surface area contributed by atoms with Crippen LogP contribution in [0.1, 0.15) is 23.6 Å². The lowest BCUT2D eigenvalue weighted by Crippen LogP contribution is -2.37. The average molecular weight is 456 g/mol. The van der Waals surface area contributed by atoms with Crippen LogP contribution < -0.4 is 10.6 Å². The van der Waals surface area contributed by atoms with E-state index in [1.807, 2.05) is 13.0 Å². The van der Waals surface area contributed by atoms with E-state index in [9.17, 15) is 8.78 Å². The molecular weight excluding hydrogens is 437 g/mol. The molecule has 25 heavy (non-hydrogen) atoms. The van der Waals surface area contributed by atoms with Crippen molar-refractivity contribution in [3.8, 4) is 6.07 Å². The first kappa shape index (κ1) is 20.8.